The predicted octanol–water partition coefficient (Wildman–Crippen LogP) is 13.2. The van der Waals surface area contributed by atoms with Crippen molar-refractivity contribution in [3.63, 3.8) is 0 Å². The maximum atomic E-state index is 12.4. The Labute approximate surface area is 300 Å². The first kappa shape index (κ1) is 46.9. The van der Waals surface area contributed by atoms with Gasteiger partial charge in [-0.15, -0.1) is 0 Å². The highest BCUT2D eigenvalue weighted by molar-refractivity contribution is 5.76. The zero-order valence-corrected chi connectivity index (χ0v) is 32.5. The van der Waals surface area contributed by atoms with Crippen molar-refractivity contribution in [1.82, 2.24) is 5.32 Å². The summed E-state index contributed by atoms with van der Waals surface area (Å²) >= 11 is 0. The van der Waals surface area contributed by atoms with Crippen molar-refractivity contribution >= 4 is 5.91 Å². The summed E-state index contributed by atoms with van der Waals surface area (Å²) in [4.78, 5) is 12.4. The van der Waals surface area contributed by atoms with Crippen LogP contribution in [0.15, 0.2) is 24.3 Å². The molecule has 0 heterocycles. The van der Waals surface area contributed by atoms with Gasteiger partial charge in [-0.1, -0.05) is 205 Å². The topological polar surface area (TPSA) is 69.6 Å². The van der Waals surface area contributed by atoms with E-state index in [1.807, 2.05) is 6.08 Å². The Balaban J connectivity index is 3.55. The van der Waals surface area contributed by atoms with Crippen LogP contribution in [0.3, 0.4) is 0 Å². The number of allylic oxidation sites excluding steroid dienone is 3. The summed E-state index contributed by atoms with van der Waals surface area (Å²) in [5, 5.41) is 23.0. The van der Waals surface area contributed by atoms with Crippen LogP contribution in [-0.4, -0.2) is 34.9 Å². The summed E-state index contributed by atoms with van der Waals surface area (Å²) in [6.07, 6.45) is 51.4. The van der Waals surface area contributed by atoms with Crippen LogP contribution in [-0.2, 0) is 4.79 Å². The van der Waals surface area contributed by atoms with Gasteiger partial charge in [0.2, 0.25) is 5.91 Å². The number of rotatable bonds is 39. The maximum Gasteiger partial charge on any atom is 0.220 e. The molecule has 0 fully saturated rings. The number of nitrogens with one attached hydrogen (secondary N) is 1. The third-order valence-electron chi connectivity index (χ3n) is 9.93. The molecule has 48 heavy (non-hydrogen) atoms. The van der Waals surface area contributed by atoms with Crippen molar-refractivity contribution in [2.75, 3.05) is 6.61 Å². The van der Waals surface area contributed by atoms with Gasteiger partial charge in [0.1, 0.15) is 0 Å². The quantitative estimate of drug-likeness (QED) is 0.0448. The van der Waals surface area contributed by atoms with Gasteiger partial charge >= 0.3 is 0 Å². The fourth-order valence-electron chi connectivity index (χ4n) is 6.58. The molecule has 3 N–H and O–H groups in total. The van der Waals surface area contributed by atoms with Crippen molar-refractivity contribution in [3.8, 4) is 0 Å². The van der Waals surface area contributed by atoms with Crippen LogP contribution in [0.25, 0.3) is 0 Å². The number of amides is 1. The summed E-state index contributed by atoms with van der Waals surface area (Å²) in [5.41, 5.74) is 0. The SMILES string of the molecule is CCCCCC/C=C\CCCCCCCCCC(=O)NC(CO)C(O)/C=C/CCCCCCCCCCCCCCCCCCCCC. The monoisotopic (exact) mass is 676 g/mol. The average Bonchev–Trinajstić information content (AvgIpc) is 3.09. The smallest absolute Gasteiger partial charge is 0.220 e. The molecule has 2 atom stereocenters. The van der Waals surface area contributed by atoms with Crippen molar-refractivity contribution in [2.24, 2.45) is 0 Å². The molecule has 0 bridgehead atoms. The summed E-state index contributed by atoms with van der Waals surface area (Å²) in [5.74, 6) is -0.0678. The molecule has 284 valence electrons. The van der Waals surface area contributed by atoms with Crippen LogP contribution in [0.1, 0.15) is 232 Å². The van der Waals surface area contributed by atoms with E-state index in [4.69, 9.17) is 0 Å². The first-order chi connectivity index (χ1) is 23.7. The molecule has 0 radical (unpaired) electrons. The third kappa shape index (κ3) is 36.2. The number of aliphatic hydroxyl groups is 2. The minimum atomic E-state index is -0.838. The first-order valence-electron chi connectivity index (χ1n) is 21.6. The summed E-state index contributed by atoms with van der Waals surface area (Å²) in [7, 11) is 0. The number of carbonyl (C=O) groups excluding carboxylic acids is 1. The zero-order chi connectivity index (χ0) is 35.0. The molecule has 1 amide bonds. The zero-order valence-electron chi connectivity index (χ0n) is 32.5. The fraction of sp³-hybridized carbons (Fsp3) is 0.886. The molecule has 0 aliphatic rings. The second kappa shape index (κ2) is 40.3. The second-order valence-electron chi connectivity index (χ2n) is 14.8. The molecule has 0 aromatic carbocycles. The summed E-state index contributed by atoms with van der Waals surface area (Å²) in [6.45, 7) is 4.30. The van der Waals surface area contributed by atoms with Crippen molar-refractivity contribution in [1.29, 1.82) is 0 Å². The normalized spacial score (nSPS) is 13.2. The van der Waals surface area contributed by atoms with E-state index in [1.165, 1.54) is 186 Å². The molecule has 0 saturated heterocycles. The fourth-order valence-corrected chi connectivity index (χ4v) is 6.58. The molecule has 0 spiro atoms. The first-order valence-corrected chi connectivity index (χ1v) is 21.6. The highest BCUT2D eigenvalue weighted by Gasteiger charge is 2.17. The van der Waals surface area contributed by atoms with Gasteiger partial charge < -0.3 is 15.5 Å². The van der Waals surface area contributed by atoms with E-state index in [0.717, 1.165) is 25.7 Å². The minimum Gasteiger partial charge on any atom is -0.394 e. The lowest BCUT2D eigenvalue weighted by atomic mass is 10.0. The van der Waals surface area contributed by atoms with Crippen LogP contribution in [0.2, 0.25) is 0 Å². The third-order valence-corrected chi connectivity index (χ3v) is 9.93. The lowest BCUT2D eigenvalue weighted by Gasteiger charge is -2.20. The highest BCUT2D eigenvalue weighted by Crippen LogP contribution is 2.15. The number of hydrogen-bond acceptors (Lipinski definition) is 3. The molecule has 0 rings (SSSR count). The van der Waals surface area contributed by atoms with Crippen molar-refractivity contribution in [3.05, 3.63) is 24.3 Å². The van der Waals surface area contributed by atoms with E-state index >= 15 is 0 Å². The van der Waals surface area contributed by atoms with Gasteiger partial charge in [0, 0.05) is 6.42 Å². The molecule has 4 nitrogen and oxygen atoms in total. The number of carbonyl (C=O) groups is 1. The van der Waals surface area contributed by atoms with Gasteiger partial charge in [0.05, 0.1) is 18.8 Å². The van der Waals surface area contributed by atoms with E-state index in [9.17, 15) is 15.0 Å². The van der Waals surface area contributed by atoms with Crippen molar-refractivity contribution in [2.45, 2.75) is 244 Å². The lowest BCUT2D eigenvalue weighted by molar-refractivity contribution is -0.123. The molecule has 0 saturated carbocycles. The Hall–Kier alpha value is -1.13. The Morgan fingerprint density at radius 2 is 0.792 bits per heavy atom. The van der Waals surface area contributed by atoms with E-state index in [1.54, 1.807) is 6.08 Å². The van der Waals surface area contributed by atoms with E-state index in [2.05, 4.69) is 31.3 Å². The van der Waals surface area contributed by atoms with Crippen LogP contribution in [0.4, 0.5) is 0 Å². The maximum absolute atomic E-state index is 12.4. The van der Waals surface area contributed by atoms with E-state index < -0.39 is 12.1 Å². The van der Waals surface area contributed by atoms with Gasteiger partial charge in [0.15, 0.2) is 0 Å². The van der Waals surface area contributed by atoms with Crippen LogP contribution >= 0.6 is 0 Å². The van der Waals surface area contributed by atoms with Crippen LogP contribution < -0.4 is 5.32 Å². The Morgan fingerprint density at radius 3 is 1.17 bits per heavy atom. The Morgan fingerprint density at radius 1 is 0.479 bits per heavy atom. The van der Waals surface area contributed by atoms with E-state index in [-0.39, 0.29) is 12.5 Å². The van der Waals surface area contributed by atoms with Gasteiger partial charge in [-0.05, 0) is 44.9 Å². The lowest BCUT2D eigenvalue weighted by Crippen LogP contribution is -2.45. The Bertz CT molecular complexity index is 691. The van der Waals surface area contributed by atoms with Gasteiger partial charge in [-0.25, -0.2) is 0 Å². The molecular weight excluding hydrogens is 590 g/mol. The van der Waals surface area contributed by atoms with E-state index in [0.29, 0.717) is 6.42 Å². The van der Waals surface area contributed by atoms with Crippen molar-refractivity contribution < 1.29 is 15.0 Å². The summed E-state index contributed by atoms with van der Waals surface area (Å²) in [6, 6.07) is -0.621. The molecular formula is C44H85NO3. The highest BCUT2D eigenvalue weighted by atomic mass is 16.3. The standard InChI is InChI=1S/C44H85NO3/c1-3-5-7-9-11-13-15-17-19-20-21-22-23-24-26-27-29-31-33-35-37-39-43(47)42(41-46)45-44(48)40-38-36-34-32-30-28-25-18-16-14-12-10-8-6-4-2/h14,16,37,39,42-43,46-47H,3-13,15,17-36,38,40-41H2,1-2H3,(H,45,48)/b16-14-,39-37+. The minimum absolute atomic E-state index is 0.0678. The molecule has 0 aliphatic heterocycles. The number of hydrogen-bond donors (Lipinski definition) is 3. The van der Waals surface area contributed by atoms with Gasteiger partial charge in [-0.3, -0.25) is 4.79 Å². The van der Waals surface area contributed by atoms with Crippen LogP contribution in [0.5, 0.6) is 0 Å². The number of unbranched alkanes of at least 4 members (excludes halogenated alkanes) is 30. The van der Waals surface area contributed by atoms with Crippen LogP contribution in [0, 0.1) is 0 Å². The van der Waals surface area contributed by atoms with Gasteiger partial charge in [0.25, 0.3) is 0 Å². The predicted molar refractivity (Wildman–Crippen MR) is 212 cm³/mol. The summed E-state index contributed by atoms with van der Waals surface area (Å²) < 4.78 is 0. The largest absolute Gasteiger partial charge is 0.394 e. The number of aliphatic hydroxyl groups excluding tert-OH is 2. The molecule has 0 aromatic rings. The molecule has 0 aromatic heterocycles. The Kier molecular flexibility index (Phi) is 39.4. The average molecular weight is 676 g/mol. The second-order valence-corrected chi connectivity index (χ2v) is 14.8. The van der Waals surface area contributed by atoms with Gasteiger partial charge in [-0.2, -0.15) is 0 Å². The molecule has 2 unspecified atom stereocenters. The molecule has 0 aliphatic carbocycles. The molecule has 4 heteroatoms.